The minimum absolute atomic E-state index is 0.207. The molecule has 1 unspecified atom stereocenters. The molecule has 2 aromatic heterocycles. The van der Waals surface area contributed by atoms with E-state index in [0.717, 1.165) is 24.5 Å². The molecule has 0 fully saturated rings. The topological polar surface area (TPSA) is 55.6 Å². The predicted octanol–water partition coefficient (Wildman–Crippen LogP) is 2.14. The highest BCUT2D eigenvalue weighted by atomic mass is 15.3. The van der Waals surface area contributed by atoms with E-state index in [4.69, 9.17) is 0 Å². The van der Waals surface area contributed by atoms with Crippen molar-refractivity contribution in [3.05, 3.63) is 41.7 Å². The van der Waals surface area contributed by atoms with Crippen molar-refractivity contribution in [2.24, 2.45) is 5.92 Å². The van der Waals surface area contributed by atoms with Crippen LogP contribution in [0, 0.1) is 12.8 Å². The van der Waals surface area contributed by atoms with Gasteiger partial charge in [0.2, 0.25) is 0 Å². The lowest BCUT2D eigenvalue weighted by Gasteiger charge is -2.18. The van der Waals surface area contributed by atoms with E-state index in [2.05, 4.69) is 40.3 Å². The van der Waals surface area contributed by atoms with Crippen LogP contribution in [0.25, 0.3) is 0 Å². The summed E-state index contributed by atoms with van der Waals surface area (Å²) < 4.78 is 2.00. The summed E-state index contributed by atoms with van der Waals surface area (Å²) in [5.41, 5.74) is 2.27. The van der Waals surface area contributed by atoms with Gasteiger partial charge in [-0.3, -0.25) is 4.98 Å². The molecule has 0 aliphatic rings. The van der Waals surface area contributed by atoms with E-state index >= 15 is 0 Å². The number of likely N-dealkylation sites (N-methyl/N-ethyl adjacent to an activating group) is 1. The molecule has 5 nitrogen and oxygen atoms in total. The molecule has 0 spiro atoms. The van der Waals surface area contributed by atoms with Gasteiger partial charge in [0.05, 0.1) is 0 Å². The molecule has 0 radical (unpaired) electrons. The zero-order chi connectivity index (χ0) is 14.5. The number of rotatable bonds is 6. The molecule has 2 heterocycles. The van der Waals surface area contributed by atoms with Crippen molar-refractivity contribution in [1.29, 1.82) is 0 Å². The van der Waals surface area contributed by atoms with Gasteiger partial charge >= 0.3 is 0 Å². The van der Waals surface area contributed by atoms with E-state index in [1.807, 2.05) is 30.9 Å². The lowest BCUT2D eigenvalue weighted by atomic mass is 10.0. The molecule has 5 heteroatoms. The number of nitrogens with one attached hydrogen (secondary N) is 1. The maximum atomic E-state index is 4.40. The van der Waals surface area contributed by atoms with Crippen molar-refractivity contribution in [3.63, 3.8) is 0 Å². The molecule has 108 valence electrons. The van der Waals surface area contributed by atoms with E-state index in [-0.39, 0.29) is 6.04 Å². The van der Waals surface area contributed by atoms with Gasteiger partial charge in [-0.1, -0.05) is 19.9 Å². The van der Waals surface area contributed by atoms with Gasteiger partial charge in [0.15, 0.2) is 0 Å². The molecule has 0 amide bonds. The van der Waals surface area contributed by atoms with E-state index in [1.54, 1.807) is 6.33 Å². The summed E-state index contributed by atoms with van der Waals surface area (Å²) in [7, 11) is 1.97. The third kappa shape index (κ3) is 3.42. The van der Waals surface area contributed by atoms with E-state index < -0.39 is 0 Å². The Morgan fingerprint density at radius 2 is 2.10 bits per heavy atom. The van der Waals surface area contributed by atoms with E-state index in [1.165, 1.54) is 5.56 Å². The van der Waals surface area contributed by atoms with Crippen LogP contribution in [0.3, 0.4) is 0 Å². The van der Waals surface area contributed by atoms with Crippen LogP contribution in [0.5, 0.6) is 0 Å². The molecule has 1 atom stereocenters. The molecular weight excluding hydrogens is 250 g/mol. The normalized spacial score (nSPS) is 12.8. The average molecular weight is 273 g/mol. The average Bonchev–Trinajstić information content (AvgIpc) is 2.83. The van der Waals surface area contributed by atoms with Crippen molar-refractivity contribution >= 4 is 0 Å². The first-order chi connectivity index (χ1) is 9.61. The summed E-state index contributed by atoms with van der Waals surface area (Å²) in [6, 6.07) is 4.30. The second kappa shape index (κ2) is 6.61. The summed E-state index contributed by atoms with van der Waals surface area (Å²) in [6.45, 7) is 7.31. The van der Waals surface area contributed by atoms with Crippen LogP contribution in [-0.4, -0.2) is 26.8 Å². The van der Waals surface area contributed by atoms with Crippen molar-refractivity contribution in [3.8, 4) is 0 Å². The highest BCUT2D eigenvalue weighted by Gasteiger charge is 2.16. The minimum atomic E-state index is 0.207. The fraction of sp³-hybridized carbons (Fsp3) is 0.533. The number of aryl methyl sites for hydroxylation is 1. The first kappa shape index (κ1) is 14.7. The largest absolute Gasteiger partial charge is 0.313 e. The highest BCUT2D eigenvalue weighted by Crippen LogP contribution is 2.19. The second-order valence-corrected chi connectivity index (χ2v) is 5.48. The van der Waals surface area contributed by atoms with Crippen LogP contribution < -0.4 is 5.32 Å². The summed E-state index contributed by atoms with van der Waals surface area (Å²) in [6.07, 6.45) is 4.28. The first-order valence-electron chi connectivity index (χ1n) is 7.07. The van der Waals surface area contributed by atoms with Gasteiger partial charge in [-0.15, -0.1) is 0 Å². The van der Waals surface area contributed by atoms with Gasteiger partial charge in [0, 0.05) is 30.9 Å². The van der Waals surface area contributed by atoms with Gasteiger partial charge < -0.3 is 5.32 Å². The van der Waals surface area contributed by atoms with Gasteiger partial charge in [0.1, 0.15) is 12.2 Å². The number of aromatic nitrogens is 4. The third-order valence-electron chi connectivity index (χ3n) is 3.39. The maximum Gasteiger partial charge on any atom is 0.138 e. The van der Waals surface area contributed by atoms with Gasteiger partial charge in [-0.05, 0) is 31.5 Å². The Labute approximate surface area is 120 Å². The molecule has 1 N–H and O–H groups in total. The molecule has 0 saturated carbocycles. The summed E-state index contributed by atoms with van der Waals surface area (Å²) in [5.74, 6) is 1.57. The predicted molar refractivity (Wildman–Crippen MR) is 79.3 cm³/mol. The summed E-state index contributed by atoms with van der Waals surface area (Å²) in [4.78, 5) is 8.77. The third-order valence-corrected chi connectivity index (χ3v) is 3.39. The standard InChI is InChI=1S/C15H23N5/c1-11(2)9-20-15(18-10-19-20)8-14(16-4)13-6-5-7-17-12(13)3/h5-7,10-11,14,16H,8-9H2,1-4H3. The Morgan fingerprint density at radius 3 is 2.75 bits per heavy atom. The summed E-state index contributed by atoms with van der Waals surface area (Å²) in [5, 5.41) is 7.68. The molecule has 0 bridgehead atoms. The molecule has 20 heavy (non-hydrogen) atoms. The van der Waals surface area contributed by atoms with Crippen LogP contribution in [0.4, 0.5) is 0 Å². The Kier molecular flexibility index (Phi) is 4.84. The zero-order valence-electron chi connectivity index (χ0n) is 12.7. The van der Waals surface area contributed by atoms with Crippen molar-refractivity contribution in [1.82, 2.24) is 25.1 Å². The van der Waals surface area contributed by atoms with Crippen molar-refractivity contribution < 1.29 is 0 Å². The zero-order valence-corrected chi connectivity index (χ0v) is 12.7. The van der Waals surface area contributed by atoms with E-state index in [9.17, 15) is 0 Å². The molecule has 2 aromatic rings. The fourth-order valence-electron chi connectivity index (χ4n) is 2.36. The van der Waals surface area contributed by atoms with Crippen LogP contribution >= 0.6 is 0 Å². The number of hydrogen-bond acceptors (Lipinski definition) is 4. The summed E-state index contributed by atoms with van der Waals surface area (Å²) >= 11 is 0. The minimum Gasteiger partial charge on any atom is -0.313 e. The van der Waals surface area contributed by atoms with Crippen molar-refractivity contribution in [2.75, 3.05) is 7.05 Å². The lowest BCUT2D eigenvalue weighted by Crippen LogP contribution is -2.23. The Bertz CT molecular complexity index is 547. The van der Waals surface area contributed by atoms with Crippen LogP contribution in [-0.2, 0) is 13.0 Å². The molecule has 0 saturated heterocycles. The van der Waals surface area contributed by atoms with Gasteiger partial charge in [-0.25, -0.2) is 9.67 Å². The molecule has 0 aliphatic carbocycles. The lowest BCUT2D eigenvalue weighted by molar-refractivity contribution is 0.451. The molecule has 0 aromatic carbocycles. The Morgan fingerprint density at radius 1 is 1.30 bits per heavy atom. The first-order valence-corrected chi connectivity index (χ1v) is 7.07. The second-order valence-electron chi connectivity index (χ2n) is 5.48. The Balaban J connectivity index is 2.19. The number of nitrogens with zero attached hydrogens (tertiary/aromatic N) is 4. The van der Waals surface area contributed by atoms with Gasteiger partial charge in [0.25, 0.3) is 0 Å². The molecule has 2 rings (SSSR count). The highest BCUT2D eigenvalue weighted by molar-refractivity contribution is 5.23. The Hall–Kier alpha value is -1.75. The molecule has 0 aliphatic heterocycles. The number of hydrogen-bond donors (Lipinski definition) is 1. The van der Waals surface area contributed by atoms with Crippen molar-refractivity contribution in [2.45, 2.75) is 39.8 Å². The monoisotopic (exact) mass is 273 g/mol. The van der Waals surface area contributed by atoms with Crippen LogP contribution in [0.1, 0.15) is 37.0 Å². The quantitative estimate of drug-likeness (QED) is 0.876. The van der Waals surface area contributed by atoms with Crippen LogP contribution in [0.2, 0.25) is 0 Å². The van der Waals surface area contributed by atoms with Crippen LogP contribution in [0.15, 0.2) is 24.7 Å². The molecular formula is C15H23N5. The fourth-order valence-corrected chi connectivity index (χ4v) is 2.36. The maximum absolute atomic E-state index is 4.40. The number of pyridine rings is 1. The smallest absolute Gasteiger partial charge is 0.138 e. The van der Waals surface area contributed by atoms with E-state index in [0.29, 0.717) is 5.92 Å². The SMILES string of the molecule is CNC(Cc1ncnn1CC(C)C)c1cccnc1C. The van der Waals surface area contributed by atoms with Gasteiger partial charge in [-0.2, -0.15) is 5.10 Å².